The Bertz CT molecular complexity index is 317. The van der Waals surface area contributed by atoms with E-state index in [1.54, 1.807) is 11.3 Å². The molecule has 0 bridgehead atoms. The van der Waals surface area contributed by atoms with Crippen LogP contribution in [0.15, 0.2) is 5.38 Å². The molecule has 2 nitrogen and oxygen atoms in total. The van der Waals surface area contributed by atoms with Gasteiger partial charge in [0.2, 0.25) is 0 Å². The van der Waals surface area contributed by atoms with Crippen molar-refractivity contribution in [3.8, 4) is 0 Å². The van der Waals surface area contributed by atoms with E-state index in [1.165, 1.54) is 32.1 Å². The molecule has 90 valence electrons. The Balaban J connectivity index is 1.77. The molecular formula is C13H21NOS. The van der Waals surface area contributed by atoms with Gasteiger partial charge in [-0.15, -0.1) is 11.3 Å². The quantitative estimate of drug-likeness (QED) is 0.874. The highest BCUT2D eigenvalue weighted by atomic mass is 32.1. The first-order valence-corrected chi connectivity index (χ1v) is 7.21. The molecule has 0 amide bonds. The minimum absolute atomic E-state index is 0.186. The fraction of sp³-hybridized carbons (Fsp3) is 0.769. The summed E-state index contributed by atoms with van der Waals surface area (Å²) in [5, 5.41) is 13.2. The van der Waals surface area contributed by atoms with E-state index < -0.39 is 0 Å². The van der Waals surface area contributed by atoms with Crippen LogP contribution < -0.4 is 0 Å². The molecule has 1 heterocycles. The van der Waals surface area contributed by atoms with Crippen molar-refractivity contribution in [2.45, 2.75) is 58.0 Å². The average molecular weight is 239 g/mol. The van der Waals surface area contributed by atoms with E-state index >= 15 is 0 Å². The summed E-state index contributed by atoms with van der Waals surface area (Å²) in [7, 11) is 0. The minimum atomic E-state index is -0.186. The van der Waals surface area contributed by atoms with Crippen molar-refractivity contribution >= 4 is 11.3 Å². The van der Waals surface area contributed by atoms with E-state index in [1.807, 2.05) is 6.92 Å². The molecule has 1 atom stereocenters. The molecule has 0 aromatic carbocycles. The number of hydrogen-bond donors (Lipinski definition) is 1. The van der Waals surface area contributed by atoms with Crippen molar-refractivity contribution in [2.24, 2.45) is 5.92 Å². The number of aliphatic hydroxyl groups is 1. The largest absolute Gasteiger partial charge is 0.393 e. The summed E-state index contributed by atoms with van der Waals surface area (Å²) in [6.07, 6.45) is 8.25. The van der Waals surface area contributed by atoms with Gasteiger partial charge in [0.1, 0.15) is 0 Å². The summed E-state index contributed by atoms with van der Waals surface area (Å²) in [6, 6.07) is 0. The highest BCUT2D eigenvalue weighted by Crippen LogP contribution is 2.28. The third kappa shape index (κ3) is 3.56. The maximum Gasteiger partial charge on any atom is 0.0953 e. The molecule has 0 saturated heterocycles. The molecule has 1 aromatic heterocycles. The van der Waals surface area contributed by atoms with Gasteiger partial charge in [-0.05, 0) is 19.3 Å². The topological polar surface area (TPSA) is 33.1 Å². The summed E-state index contributed by atoms with van der Waals surface area (Å²) in [4.78, 5) is 4.40. The molecule has 2 rings (SSSR count). The van der Waals surface area contributed by atoms with Gasteiger partial charge in [-0.1, -0.05) is 32.1 Å². The van der Waals surface area contributed by atoms with Gasteiger partial charge in [-0.25, -0.2) is 4.98 Å². The molecule has 1 unspecified atom stereocenters. The van der Waals surface area contributed by atoms with Crippen molar-refractivity contribution in [1.29, 1.82) is 0 Å². The number of nitrogens with zero attached hydrogens (tertiary/aromatic N) is 1. The maximum absolute atomic E-state index is 10.0. The Kier molecular flexibility index (Phi) is 4.36. The first-order valence-electron chi connectivity index (χ1n) is 6.33. The SMILES string of the molecule is Cc1csc(CC(O)CC2CCCCC2)n1. The standard InChI is InChI=1S/C13H21NOS/c1-10-9-16-13(14-10)8-12(15)7-11-5-3-2-4-6-11/h9,11-12,15H,2-8H2,1H3. The number of thiazole rings is 1. The predicted molar refractivity (Wildman–Crippen MR) is 67.8 cm³/mol. The maximum atomic E-state index is 10.0. The van der Waals surface area contributed by atoms with Gasteiger partial charge in [0, 0.05) is 17.5 Å². The summed E-state index contributed by atoms with van der Waals surface area (Å²) >= 11 is 1.67. The molecule has 1 fully saturated rings. The molecule has 1 aliphatic rings. The highest BCUT2D eigenvalue weighted by molar-refractivity contribution is 7.09. The van der Waals surface area contributed by atoms with Crippen molar-refractivity contribution in [2.75, 3.05) is 0 Å². The molecule has 16 heavy (non-hydrogen) atoms. The Morgan fingerprint density at radius 1 is 1.44 bits per heavy atom. The summed E-state index contributed by atoms with van der Waals surface area (Å²) in [6.45, 7) is 2.01. The van der Waals surface area contributed by atoms with Crippen LogP contribution in [0.4, 0.5) is 0 Å². The highest BCUT2D eigenvalue weighted by Gasteiger charge is 2.18. The van der Waals surface area contributed by atoms with E-state index in [0.717, 1.165) is 29.5 Å². The van der Waals surface area contributed by atoms with Gasteiger partial charge in [0.15, 0.2) is 0 Å². The molecule has 0 aliphatic heterocycles. The third-order valence-corrected chi connectivity index (χ3v) is 4.40. The van der Waals surface area contributed by atoms with Gasteiger partial charge < -0.3 is 5.11 Å². The Hall–Kier alpha value is -0.410. The number of aliphatic hydroxyl groups excluding tert-OH is 1. The monoisotopic (exact) mass is 239 g/mol. The lowest BCUT2D eigenvalue weighted by Crippen LogP contribution is -2.18. The number of hydrogen-bond acceptors (Lipinski definition) is 3. The lowest BCUT2D eigenvalue weighted by Gasteiger charge is -2.23. The zero-order chi connectivity index (χ0) is 11.4. The zero-order valence-corrected chi connectivity index (χ0v) is 10.8. The Morgan fingerprint density at radius 2 is 2.19 bits per heavy atom. The molecular weight excluding hydrogens is 218 g/mol. The van der Waals surface area contributed by atoms with E-state index in [-0.39, 0.29) is 6.10 Å². The predicted octanol–water partition coefficient (Wildman–Crippen LogP) is 3.33. The molecule has 1 aromatic rings. The van der Waals surface area contributed by atoms with E-state index in [0.29, 0.717) is 0 Å². The number of rotatable bonds is 4. The van der Waals surface area contributed by atoms with Gasteiger partial charge in [0.05, 0.1) is 11.1 Å². The van der Waals surface area contributed by atoms with Gasteiger partial charge >= 0.3 is 0 Å². The van der Waals surface area contributed by atoms with Crippen LogP contribution >= 0.6 is 11.3 Å². The van der Waals surface area contributed by atoms with E-state index in [4.69, 9.17) is 0 Å². The van der Waals surface area contributed by atoms with E-state index in [2.05, 4.69) is 10.4 Å². The second-order valence-corrected chi connectivity index (χ2v) is 5.92. The van der Waals surface area contributed by atoms with Crippen LogP contribution in [0.1, 0.15) is 49.2 Å². The van der Waals surface area contributed by atoms with Crippen molar-refractivity contribution < 1.29 is 5.11 Å². The van der Waals surface area contributed by atoms with Gasteiger partial charge in [-0.3, -0.25) is 0 Å². The lowest BCUT2D eigenvalue weighted by molar-refractivity contribution is 0.130. The van der Waals surface area contributed by atoms with Crippen LogP contribution in [-0.2, 0) is 6.42 Å². The molecule has 1 saturated carbocycles. The molecule has 0 radical (unpaired) electrons. The second-order valence-electron chi connectivity index (χ2n) is 4.98. The zero-order valence-electron chi connectivity index (χ0n) is 9.98. The van der Waals surface area contributed by atoms with Gasteiger partial charge in [0.25, 0.3) is 0 Å². The van der Waals surface area contributed by atoms with Crippen LogP contribution in [0.5, 0.6) is 0 Å². The minimum Gasteiger partial charge on any atom is -0.393 e. The van der Waals surface area contributed by atoms with Gasteiger partial charge in [-0.2, -0.15) is 0 Å². The smallest absolute Gasteiger partial charge is 0.0953 e. The number of aryl methyl sites for hydroxylation is 1. The fourth-order valence-electron chi connectivity index (χ4n) is 2.59. The summed E-state index contributed by atoms with van der Waals surface area (Å²) < 4.78 is 0. The fourth-order valence-corrected chi connectivity index (χ4v) is 3.43. The summed E-state index contributed by atoms with van der Waals surface area (Å²) in [5.41, 5.74) is 1.07. The van der Waals surface area contributed by atoms with E-state index in [9.17, 15) is 5.11 Å². The van der Waals surface area contributed by atoms with Crippen molar-refractivity contribution in [3.05, 3.63) is 16.1 Å². The molecule has 1 N–H and O–H groups in total. The normalized spacial score (nSPS) is 19.9. The first-order chi connectivity index (χ1) is 7.74. The van der Waals surface area contributed by atoms with Crippen LogP contribution in [0.2, 0.25) is 0 Å². The van der Waals surface area contributed by atoms with Crippen LogP contribution in [0, 0.1) is 12.8 Å². The van der Waals surface area contributed by atoms with Crippen LogP contribution in [0.3, 0.4) is 0 Å². The number of aromatic nitrogens is 1. The van der Waals surface area contributed by atoms with Crippen molar-refractivity contribution in [1.82, 2.24) is 4.98 Å². The summed E-state index contributed by atoms with van der Waals surface area (Å²) in [5.74, 6) is 0.754. The second kappa shape index (κ2) is 5.78. The molecule has 1 aliphatic carbocycles. The van der Waals surface area contributed by atoms with Crippen LogP contribution in [-0.4, -0.2) is 16.2 Å². The Labute approximate surface area is 102 Å². The van der Waals surface area contributed by atoms with Crippen molar-refractivity contribution in [3.63, 3.8) is 0 Å². The van der Waals surface area contributed by atoms with Crippen LogP contribution in [0.25, 0.3) is 0 Å². The first kappa shape index (κ1) is 12.1. The molecule has 3 heteroatoms. The Morgan fingerprint density at radius 3 is 2.81 bits per heavy atom. The molecule has 0 spiro atoms. The third-order valence-electron chi connectivity index (χ3n) is 3.41. The lowest BCUT2D eigenvalue weighted by atomic mass is 9.85. The average Bonchev–Trinajstić information content (AvgIpc) is 2.65.